The minimum absolute atomic E-state index is 0.0238. The topological polar surface area (TPSA) is 137 Å². The average molecular weight is 733 g/mol. The maximum absolute atomic E-state index is 15.0. The Morgan fingerprint density at radius 2 is 1.75 bits per heavy atom. The predicted molar refractivity (Wildman–Crippen MR) is 195 cm³/mol. The van der Waals surface area contributed by atoms with Gasteiger partial charge < -0.3 is 29.7 Å². The number of aliphatic hydroxyl groups is 1. The van der Waals surface area contributed by atoms with Gasteiger partial charge in [-0.25, -0.2) is 28.3 Å². The van der Waals surface area contributed by atoms with E-state index < -0.39 is 23.3 Å². The molecule has 0 bridgehead atoms. The standard InChI is InChI=1S/C38H46F2N8O5/c1-3-36(27(2)20-49)48(43-26-50)37(51)44-30-5-7-31(8-6-30)45-14-16-46(17-15-45)32-9-11-33(12-10-32)52-21-28-19-38(53-22-28,23-47-25-41-24-42-47)34-13-4-29(39)18-35(34)40/h4-13,18,24-28,36,49H,3,14-17,19-23H2,1-2H3,(H,43,50)(H,44,51)/t27?,28-,36?,38+/m1/s1. The van der Waals surface area contributed by atoms with E-state index in [2.05, 4.69) is 30.6 Å². The van der Waals surface area contributed by atoms with E-state index in [1.807, 2.05) is 62.4 Å². The number of carbonyl (C=O) groups excluding carboxylic acids is 2. The molecule has 0 radical (unpaired) electrons. The third-order valence-corrected chi connectivity index (χ3v) is 10.1. The normalized spacial score (nSPS) is 19.8. The molecule has 2 saturated heterocycles. The molecule has 0 spiro atoms. The Kier molecular flexibility index (Phi) is 12.0. The van der Waals surface area contributed by atoms with Crippen LogP contribution in [0.4, 0.5) is 30.6 Å². The number of amides is 3. The molecular formula is C38H46F2N8O5. The Balaban J connectivity index is 0.989. The van der Waals surface area contributed by atoms with Gasteiger partial charge in [0, 0.05) is 73.3 Å². The summed E-state index contributed by atoms with van der Waals surface area (Å²) in [7, 11) is 0. The van der Waals surface area contributed by atoms with Gasteiger partial charge in [-0.05, 0) is 67.4 Å². The first-order valence-electron chi connectivity index (χ1n) is 17.9. The molecule has 1 aromatic heterocycles. The second-order valence-electron chi connectivity index (χ2n) is 13.6. The number of benzene rings is 3. The van der Waals surface area contributed by atoms with Crippen LogP contribution in [0.2, 0.25) is 0 Å². The third kappa shape index (κ3) is 8.86. The van der Waals surface area contributed by atoms with Crippen molar-refractivity contribution in [3.8, 4) is 5.75 Å². The number of halogens is 2. The van der Waals surface area contributed by atoms with Gasteiger partial charge in [0.15, 0.2) is 0 Å². The van der Waals surface area contributed by atoms with E-state index in [1.165, 1.54) is 23.5 Å². The number of aliphatic hydroxyl groups excluding tert-OH is 1. The second kappa shape index (κ2) is 17.0. The van der Waals surface area contributed by atoms with Crippen molar-refractivity contribution in [2.24, 2.45) is 11.8 Å². The molecule has 2 aliphatic rings. The number of urea groups is 1. The summed E-state index contributed by atoms with van der Waals surface area (Å²) >= 11 is 0. The lowest BCUT2D eigenvalue weighted by Gasteiger charge is -2.37. The first-order chi connectivity index (χ1) is 25.7. The van der Waals surface area contributed by atoms with E-state index in [9.17, 15) is 23.5 Å². The number of piperazine rings is 1. The number of rotatable bonds is 15. The van der Waals surface area contributed by atoms with Crippen molar-refractivity contribution in [1.82, 2.24) is 25.2 Å². The van der Waals surface area contributed by atoms with Crippen molar-refractivity contribution in [2.75, 3.05) is 61.1 Å². The third-order valence-electron chi connectivity index (χ3n) is 10.1. The molecule has 13 nitrogen and oxygen atoms in total. The molecule has 3 aromatic carbocycles. The minimum atomic E-state index is -1.03. The molecule has 2 aliphatic heterocycles. The van der Waals surface area contributed by atoms with E-state index in [4.69, 9.17) is 9.47 Å². The molecule has 282 valence electrons. The van der Waals surface area contributed by atoms with E-state index in [0.717, 1.165) is 49.4 Å². The zero-order chi connectivity index (χ0) is 37.4. The summed E-state index contributed by atoms with van der Waals surface area (Å²) in [6.07, 6.45) is 4.45. The first-order valence-corrected chi connectivity index (χ1v) is 17.9. The van der Waals surface area contributed by atoms with Gasteiger partial charge >= 0.3 is 6.03 Å². The Morgan fingerprint density at radius 3 is 2.34 bits per heavy atom. The number of carbonyl (C=O) groups is 2. The second-order valence-corrected chi connectivity index (χ2v) is 13.6. The number of hydrogen-bond donors (Lipinski definition) is 3. The highest BCUT2D eigenvalue weighted by Gasteiger charge is 2.44. The lowest BCUT2D eigenvalue weighted by atomic mass is 9.87. The highest BCUT2D eigenvalue weighted by atomic mass is 19.1. The molecule has 53 heavy (non-hydrogen) atoms. The van der Waals surface area contributed by atoms with Crippen LogP contribution < -0.4 is 25.3 Å². The van der Waals surface area contributed by atoms with Crippen LogP contribution in [0.3, 0.4) is 0 Å². The van der Waals surface area contributed by atoms with E-state index in [1.54, 1.807) is 11.0 Å². The molecular weight excluding hydrogens is 686 g/mol. The Bertz CT molecular complexity index is 1790. The Labute approximate surface area is 307 Å². The van der Waals surface area contributed by atoms with Crippen LogP contribution in [-0.2, 0) is 21.7 Å². The number of nitrogens with one attached hydrogen (secondary N) is 2. The molecule has 6 rings (SSSR count). The predicted octanol–water partition coefficient (Wildman–Crippen LogP) is 4.80. The lowest BCUT2D eigenvalue weighted by molar-refractivity contribution is -0.113. The quantitative estimate of drug-likeness (QED) is 0.116. The monoisotopic (exact) mass is 732 g/mol. The van der Waals surface area contributed by atoms with Crippen LogP contribution in [-0.4, -0.2) is 89.4 Å². The first kappa shape index (κ1) is 37.5. The zero-order valence-electron chi connectivity index (χ0n) is 29.9. The number of nitrogens with zero attached hydrogens (tertiary/aromatic N) is 6. The summed E-state index contributed by atoms with van der Waals surface area (Å²) in [6.45, 7) is 7.84. The highest BCUT2D eigenvalue weighted by molar-refractivity contribution is 5.90. The SMILES string of the molecule is CCC(C(C)CO)N(NC=O)C(=O)Nc1ccc(N2CCN(c3ccc(OC[C@@H]4CO[C@@](Cn5cncn5)(c5ccc(F)cc5F)C4)cc3)CC2)cc1. The molecule has 4 aromatic rings. The minimum Gasteiger partial charge on any atom is -0.493 e. The fourth-order valence-electron chi connectivity index (χ4n) is 7.24. The zero-order valence-corrected chi connectivity index (χ0v) is 29.9. The van der Waals surface area contributed by atoms with E-state index in [0.29, 0.717) is 38.2 Å². The van der Waals surface area contributed by atoms with Crippen molar-refractivity contribution in [1.29, 1.82) is 0 Å². The summed E-state index contributed by atoms with van der Waals surface area (Å²) in [5.74, 6) is -0.819. The van der Waals surface area contributed by atoms with Crippen molar-refractivity contribution >= 4 is 29.5 Å². The van der Waals surface area contributed by atoms with Gasteiger partial charge in [0.25, 0.3) is 0 Å². The van der Waals surface area contributed by atoms with Gasteiger partial charge in [0.1, 0.15) is 35.6 Å². The molecule has 15 heteroatoms. The van der Waals surface area contributed by atoms with Gasteiger partial charge in [-0.1, -0.05) is 19.9 Å². The van der Waals surface area contributed by atoms with E-state index >= 15 is 0 Å². The van der Waals surface area contributed by atoms with Crippen LogP contribution in [0.25, 0.3) is 0 Å². The maximum atomic E-state index is 15.0. The summed E-state index contributed by atoms with van der Waals surface area (Å²) in [5, 5.41) is 17.8. The van der Waals surface area contributed by atoms with Crippen LogP contribution in [0.1, 0.15) is 32.3 Å². The number of hydrazine groups is 1. The van der Waals surface area contributed by atoms with Crippen LogP contribution in [0.15, 0.2) is 79.4 Å². The van der Waals surface area contributed by atoms with Crippen LogP contribution in [0, 0.1) is 23.5 Å². The Morgan fingerprint density at radius 1 is 1.08 bits per heavy atom. The molecule has 0 aliphatic carbocycles. The molecule has 0 saturated carbocycles. The molecule has 3 amide bonds. The number of hydrogen-bond acceptors (Lipinski definition) is 9. The van der Waals surface area contributed by atoms with Crippen molar-refractivity contribution in [2.45, 2.75) is 44.9 Å². The fourth-order valence-corrected chi connectivity index (χ4v) is 7.24. The van der Waals surface area contributed by atoms with Gasteiger partial charge in [-0.2, -0.15) is 5.10 Å². The highest BCUT2D eigenvalue weighted by Crippen LogP contribution is 2.42. The van der Waals surface area contributed by atoms with Gasteiger partial charge in [0.05, 0.1) is 25.8 Å². The molecule has 4 atom stereocenters. The number of aromatic nitrogens is 3. The summed E-state index contributed by atoms with van der Waals surface area (Å²) in [4.78, 5) is 32.8. The molecule has 3 heterocycles. The van der Waals surface area contributed by atoms with Crippen molar-refractivity contribution < 1.29 is 33.0 Å². The maximum Gasteiger partial charge on any atom is 0.340 e. The number of ether oxygens (including phenoxy) is 2. The largest absolute Gasteiger partial charge is 0.493 e. The van der Waals surface area contributed by atoms with E-state index in [-0.39, 0.29) is 36.6 Å². The van der Waals surface area contributed by atoms with Crippen LogP contribution >= 0.6 is 0 Å². The summed E-state index contributed by atoms with van der Waals surface area (Å²) in [6, 6.07) is 18.3. The molecule has 3 N–H and O–H groups in total. The molecule has 2 fully saturated rings. The van der Waals surface area contributed by atoms with Gasteiger partial charge in [0.2, 0.25) is 6.41 Å². The fraction of sp³-hybridized carbons (Fsp3) is 0.421. The van der Waals surface area contributed by atoms with Crippen molar-refractivity contribution in [3.63, 3.8) is 0 Å². The number of anilines is 3. The van der Waals surface area contributed by atoms with Gasteiger partial charge in [-0.15, -0.1) is 0 Å². The molecule has 2 unspecified atom stereocenters. The lowest BCUT2D eigenvalue weighted by Crippen LogP contribution is -2.53. The van der Waals surface area contributed by atoms with Gasteiger partial charge in [-0.3, -0.25) is 10.2 Å². The summed E-state index contributed by atoms with van der Waals surface area (Å²) < 4.78 is 42.7. The Hall–Kier alpha value is -5.28. The average Bonchev–Trinajstić information content (AvgIpc) is 3.85. The smallest absolute Gasteiger partial charge is 0.340 e. The van der Waals surface area contributed by atoms with Crippen LogP contribution in [0.5, 0.6) is 5.75 Å². The van der Waals surface area contributed by atoms with Crippen molar-refractivity contribution in [3.05, 3.63) is 96.6 Å². The summed E-state index contributed by atoms with van der Waals surface area (Å²) in [5.41, 5.74) is 4.45.